The van der Waals surface area contributed by atoms with Crippen molar-refractivity contribution in [2.45, 2.75) is 13.3 Å². The van der Waals surface area contributed by atoms with Crippen molar-refractivity contribution in [1.29, 1.82) is 0 Å². The van der Waals surface area contributed by atoms with Crippen molar-refractivity contribution in [2.75, 3.05) is 4.90 Å². The molecule has 2 heterocycles. The minimum atomic E-state index is 0.746. The van der Waals surface area contributed by atoms with Gasteiger partial charge in [0.1, 0.15) is 0 Å². The Bertz CT molecular complexity index is 2560. The third-order valence-corrected chi connectivity index (χ3v) is 9.55. The molecule has 1 aliphatic carbocycles. The summed E-state index contributed by atoms with van der Waals surface area (Å²) in [5, 5.41) is 2.43. The first kappa shape index (κ1) is 31.7. The van der Waals surface area contributed by atoms with Gasteiger partial charge in [-0.3, -0.25) is 0 Å². The molecule has 2 nitrogen and oxygen atoms in total. The van der Waals surface area contributed by atoms with Crippen LogP contribution < -0.4 is 4.90 Å². The summed E-state index contributed by atoms with van der Waals surface area (Å²) < 4.78 is 2.33. The van der Waals surface area contributed by atoms with Crippen LogP contribution in [0.1, 0.15) is 30.0 Å². The average molecular weight is 655 g/mol. The molecule has 5 aromatic carbocycles. The van der Waals surface area contributed by atoms with Crippen molar-refractivity contribution >= 4 is 50.4 Å². The monoisotopic (exact) mass is 654 g/mol. The minimum absolute atomic E-state index is 0.746. The molecule has 0 saturated heterocycles. The molecule has 0 bridgehead atoms. The number of aromatic nitrogens is 1. The molecule has 0 saturated carbocycles. The fourth-order valence-corrected chi connectivity index (χ4v) is 7.08. The van der Waals surface area contributed by atoms with E-state index in [9.17, 15) is 0 Å². The van der Waals surface area contributed by atoms with Crippen LogP contribution in [0.2, 0.25) is 0 Å². The molecular formula is C49H38N2. The first-order chi connectivity index (χ1) is 25.1. The molecule has 1 aliphatic heterocycles. The van der Waals surface area contributed by atoms with E-state index in [0.29, 0.717) is 0 Å². The van der Waals surface area contributed by atoms with Gasteiger partial charge in [-0.2, -0.15) is 0 Å². The summed E-state index contributed by atoms with van der Waals surface area (Å²) >= 11 is 0. The third-order valence-electron chi connectivity index (χ3n) is 9.55. The molecule has 244 valence electrons. The third kappa shape index (κ3) is 6.22. The van der Waals surface area contributed by atoms with Gasteiger partial charge < -0.3 is 9.47 Å². The Morgan fingerprint density at radius 1 is 0.725 bits per heavy atom. The number of anilines is 1. The Morgan fingerprint density at radius 3 is 2.27 bits per heavy atom. The molecule has 8 rings (SSSR count). The van der Waals surface area contributed by atoms with Gasteiger partial charge in [0.25, 0.3) is 0 Å². The van der Waals surface area contributed by atoms with Gasteiger partial charge in [0, 0.05) is 40.2 Å². The van der Waals surface area contributed by atoms with E-state index in [-0.39, 0.29) is 0 Å². The van der Waals surface area contributed by atoms with E-state index >= 15 is 0 Å². The van der Waals surface area contributed by atoms with E-state index in [1.165, 1.54) is 27.4 Å². The number of para-hydroxylation sites is 1. The van der Waals surface area contributed by atoms with E-state index in [1.54, 1.807) is 0 Å². The molecule has 51 heavy (non-hydrogen) atoms. The maximum atomic E-state index is 4.54. The highest BCUT2D eigenvalue weighted by atomic mass is 15.1. The van der Waals surface area contributed by atoms with E-state index in [4.69, 9.17) is 0 Å². The highest BCUT2D eigenvalue weighted by molar-refractivity contribution is 6.12. The van der Waals surface area contributed by atoms with Gasteiger partial charge in [0.2, 0.25) is 0 Å². The lowest BCUT2D eigenvalue weighted by Crippen LogP contribution is -2.17. The normalized spacial score (nSPS) is 16.1. The zero-order chi connectivity index (χ0) is 34.7. The Morgan fingerprint density at radius 2 is 1.45 bits per heavy atom. The molecular weight excluding hydrogens is 617 g/mol. The summed E-state index contributed by atoms with van der Waals surface area (Å²) in [6.45, 7) is 10.7. The lowest BCUT2D eigenvalue weighted by Gasteiger charge is -2.28. The maximum Gasteiger partial charge on any atom is 0.0897 e. The molecule has 6 aromatic rings. The van der Waals surface area contributed by atoms with E-state index in [1.807, 2.05) is 18.2 Å². The number of nitrogens with zero attached hydrogens (tertiary/aromatic N) is 2. The quantitative estimate of drug-likeness (QED) is 0.117. The molecule has 0 radical (unpaired) electrons. The second-order valence-corrected chi connectivity index (χ2v) is 12.9. The van der Waals surface area contributed by atoms with Crippen molar-refractivity contribution in [3.05, 3.63) is 217 Å². The number of hydrogen-bond acceptors (Lipinski definition) is 1. The molecule has 0 fully saturated rings. The van der Waals surface area contributed by atoms with E-state index in [0.717, 1.165) is 62.4 Å². The minimum Gasteiger partial charge on any atom is -0.320 e. The Balaban J connectivity index is 1.21. The highest BCUT2D eigenvalue weighted by Gasteiger charge is 2.19. The van der Waals surface area contributed by atoms with E-state index < -0.39 is 0 Å². The predicted octanol–water partition coefficient (Wildman–Crippen LogP) is 13.0. The van der Waals surface area contributed by atoms with Gasteiger partial charge in [-0.1, -0.05) is 134 Å². The second kappa shape index (κ2) is 13.7. The maximum absolute atomic E-state index is 4.54. The second-order valence-electron chi connectivity index (χ2n) is 12.9. The van der Waals surface area contributed by atoms with Gasteiger partial charge in [-0.15, -0.1) is 0 Å². The Hall–Kier alpha value is -6.60. The first-order valence-electron chi connectivity index (χ1n) is 17.4. The molecule has 0 amide bonds. The standard InChI is InChI=1S/C49H38N2/c1-4-14-42(20-13-17-37-15-7-5-8-16-37)50-30-29-35(2)31-36(3)45-33-40(24-27-47(45)50)41-25-28-49-46(34-41)44-21-11-12-22-48(44)51(49)43-26-23-39(32-43)38-18-9-6-10-19-38/h4-19,21-31,33-34H,1,3,20H2,2H3/b17-13?,30-29-,35-31-,42-14+. The molecule has 0 N–H and O–H groups in total. The molecule has 1 aromatic heterocycles. The van der Waals surface area contributed by atoms with Crippen LogP contribution in [-0.2, 0) is 0 Å². The lowest BCUT2D eigenvalue weighted by molar-refractivity contribution is 1.07. The van der Waals surface area contributed by atoms with Crippen molar-refractivity contribution in [2.24, 2.45) is 0 Å². The summed E-state index contributed by atoms with van der Waals surface area (Å²) in [5.74, 6) is 0. The Kier molecular flexibility index (Phi) is 8.52. The molecule has 2 aliphatic rings. The van der Waals surface area contributed by atoms with Gasteiger partial charge in [0.15, 0.2) is 0 Å². The summed E-state index contributed by atoms with van der Waals surface area (Å²) in [6.07, 6.45) is 19.9. The molecule has 0 atom stereocenters. The SMILES string of the molecule is C=C/C=C(\CC=Cc1ccccc1)N1/C=C\C(C)=C/C(=C)c2cc(-c3ccc4c(c3)c3ccccc3n4C3=C=C(c4ccccc4)C=C3)ccc21. The van der Waals surface area contributed by atoms with Crippen molar-refractivity contribution in [3.63, 3.8) is 0 Å². The lowest BCUT2D eigenvalue weighted by atomic mass is 9.94. The van der Waals surface area contributed by atoms with E-state index in [2.05, 4.69) is 193 Å². The number of fused-ring (bicyclic) bond motifs is 4. The van der Waals surface area contributed by atoms with Gasteiger partial charge in [0.05, 0.1) is 22.4 Å². The zero-order valence-electron chi connectivity index (χ0n) is 28.8. The fraction of sp³-hybridized carbons (Fsp3) is 0.0408. The smallest absolute Gasteiger partial charge is 0.0897 e. The van der Waals surface area contributed by atoms with Crippen LogP contribution in [0, 0.1) is 0 Å². The number of rotatable bonds is 8. The largest absolute Gasteiger partial charge is 0.320 e. The summed E-state index contributed by atoms with van der Waals surface area (Å²) in [4.78, 5) is 2.27. The predicted molar refractivity (Wildman–Crippen MR) is 220 cm³/mol. The number of benzene rings is 5. The summed E-state index contributed by atoms with van der Waals surface area (Å²) in [7, 11) is 0. The zero-order valence-corrected chi connectivity index (χ0v) is 28.8. The van der Waals surface area contributed by atoms with Crippen LogP contribution in [0.15, 0.2) is 200 Å². The van der Waals surface area contributed by atoms with Crippen LogP contribution in [0.5, 0.6) is 0 Å². The highest BCUT2D eigenvalue weighted by Crippen LogP contribution is 2.40. The van der Waals surface area contributed by atoms with Crippen molar-refractivity contribution in [1.82, 2.24) is 4.57 Å². The summed E-state index contributed by atoms with van der Waals surface area (Å²) in [6, 6.07) is 43.1. The fourth-order valence-electron chi connectivity index (χ4n) is 7.08. The van der Waals surface area contributed by atoms with Gasteiger partial charge in [-0.05, 0) is 95.0 Å². The van der Waals surface area contributed by atoms with Crippen molar-refractivity contribution in [3.8, 4) is 11.1 Å². The molecule has 0 unspecified atom stereocenters. The van der Waals surface area contributed by atoms with Crippen LogP contribution in [-0.4, -0.2) is 4.57 Å². The van der Waals surface area contributed by atoms with Crippen LogP contribution in [0.3, 0.4) is 0 Å². The van der Waals surface area contributed by atoms with Crippen LogP contribution in [0.25, 0.3) is 55.9 Å². The van der Waals surface area contributed by atoms with Gasteiger partial charge >= 0.3 is 0 Å². The van der Waals surface area contributed by atoms with Crippen LogP contribution in [0.4, 0.5) is 5.69 Å². The molecule has 0 spiro atoms. The number of allylic oxidation sites excluding steroid dienone is 10. The Labute approximate surface area is 300 Å². The topological polar surface area (TPSA) is 8.17 Å². The van der Waals surface area contributed by atoms with Crippen molar-refractivity contribution < 1.29 is 0 Å². The first-order valence-corrected chi connectivity index (χ1v) is 17.4. The number of hydrogen-bond donors (Lipinski definition) is 0. The van der Waals surface area contributed by atoms with Crippen LogP contribution >= 0.6 is 0 Å². The molecule has 2 heteroatoms. The van der Waals surface area contributed by atoms with Gasteiger partial charge in [-0.25, -0.2) is 0 Å². The summed E-state index contributed by atoms with van der Waals surface area (Å²) in [5.41, 5.74) is 18.3. The average Bonchev–Trinajstić information content (AvgIpc) is 3.78.